The van der Waals surface area contributed by atoms with Crippen LogP contribution in [0.4, 0.5) is 0 Å². The molecule has 1 saturated carbocycles. The molecular weight excluding hydrogens is 460 g/mol. The van der Waals surface area contributed by atoms with Gasteiger partial charge in [-0.1, -0.05) is 67.6 Å². The highest BCUT2D eigenvalue weighted by Crippen LogP contribution is 2.54. The first-order valence-corrected chi connectivity index (χ1v) is 12.3. The van der Waals surface area contributed by atoms with Crippen LogP contribution >= 0.6 is 0 Å². The van der Waals surface area contributed by atoms with Gasteiger partial charge < -0.3 is 19.3 Å². The predicted octanol–water partition coefficient (Wildman–Crippen LogP) is 2.93. The number of nitrogens with zero attached hydrogens (tertiary/aromatic N) is 1. The third-order valence-electron chi connectivity index (χ3n) is 7.45. The van der Waals surface area contributed by atoms with Crippen LogP contribution in [0, 0.1) is 18.8 Å². The number of hydrogen-bond acceptors (Lipinski definition) is 6. The second-order valence-corrected chi connectivity index (χ2v) is 9.94. The van der Waals surface area contributed by atoms with Crippen molar-refractivity contribution in [1.82, 2.24) is 9.55 Å². The van der Waals surface area contributed by atoms with E-state index in [1.54, 1.807) is 6.92 Å². The minimum absolute atomic E-state index is 0.00495. The second kappa shape index (κ2) is 10.1. The number of aromatic nitrogens is 2. The number of aromatic amines is 1. The summed E-state index contributed by atoms with van der Waals surface area (Å²) in [7, 11) is 0. The molecule has 1 aromatic heterocycles. The lowest BCUT2D eigenvalue weighted by atomic mass is 9.70. The molecule has 6 atom stereocenters. The average molecular weight is 493 g/mol. The highest BCUT2D eigenvalue weighted by molar-refractivity contribution is 5.17. The lowest BCUT2D eigenvalue weighted by Crippen LogP contribution is -2.59. The molecule has 8 heteroatoms. The molecule has 0 spiro atoms. The third kappa shape index (κ3) is 4.57. The number of hydrogen-bond donors (Lipinski definition) is 2. The Morgan fingerprint density at radius 1 is 1.06 bits per heavy atom. The summed E-state index contributed by atoms with van der Waals surface area (Å²) in [6.07, 6.45) is -0.0983. The normalized spacial score (nSPS) is 29.4. The first-order chi connectivity index (χ1) is 17.4. The number of rotatable bonds is 8. The number of benzene rings is 2. The molecule has 0 amide bonds. The molecule has 2 fully saturated rings. The van der Waals surface area contributed by atoms with Gasteiger partial charge in [-0.3, -0.25) is 14.3 Å². The molecule has 2 bridgehead atoms. The van der Waals surface area contributed by atoms with Crippen molar-refractivity contribution in [2.45, 2.75) is 57.5 Å². The van der Waals surface area contributed by atoms with Crippen molar-refractivity contribution in [3.05, 3.63) is 104 Å². The average Bonchev–Trinajstić information content (AvgIpc) is 3.15. The summed E-state index contributed by atoms with van der Waals surface area (Å²) in [5.41, 5.74) is 0.264. The Morgan fingerprint density at radius 3 is 2.36 bits per heavy atom. The van der Waals surface area contributed by atoms with Crippen LogP contribution in [-0.2, 0) is 27.4 Å². The van der Waals surface area contributed by atoms with E-state index in [1.165, 1.54) is 10.8 Å². The fraction of sp³-hybridized carbons (Fsp3) is 0.429. The van der Waals surface area contributed by atoms with Crippen LogP contribution in [0.3, 0.4) is 0 Å². The molecule has 8 nitrogen and oxygen atoms in total. The Morgan fingerprint density at radius 2 is 1.69 bits per heavy atom. The van der Waals surface area contributed by atoms with Crippen LogP contribution in [0.1, 0.15) is 36.3 Å². The molecule has 2 heterocycles. The highest BCUT2D eigenvalue weighted by atomic mass is 16.6. The van der Waals surface area contributed by atoms with E-state index >= 15 is 0 Å². The van der Waals surface area contributed by atoms with Crippen molar-refractivity contribution >= 4 is 0 Å². The summed E-state index contributed by atoms with van der Waals surface area (Å²) in [6.45, 7) is 4.46. The molecular formula is C28H32N2O6. The number of nitrogens with one attached hydrogen (secondary N) is 1. The molecule has 1 aliphatic carbocycles. The minimum Gasteiger partial charge on any atom is -0.390 e. The van der Waals surface area contributed by atoms with Crippen molar-refractivity contribution in [2.75, 3.05) is 6.61 Å². The van der Waals surface area contributed by atoms with Crippen LogP contribution in [0.25, 0.3) is 0 Å². The molecule has 3 aromatic rings. The fourth-order valence-corrected chi connectivity index (χ4v) is 5.55. The number of H-pyrrole nitrogens is 1. The molecule has 2 aliphatic rings. The van der Waals surface area contributed by atoms with Gasteiger partial charge in [-0.2, -0.15) is 0 Å². The summed E-state index contributed by atoms with van der Waals surface area (Å²) >= 11 is 0. The zero-order valence-electron chi connectivity index (χ0n) is 20.5. The molecule has 2 aromatic carbocycles. The first-order valence-electron chi connectivity index (χ1n) is 12.3. The maximum absolute atomic E-state index is 12.8. The Labute approximate surface area is 209 Å². The second-order valence-electron chi connectivity index (χ2n) is 9.94. The van der Waals surface area contributed by atoms with Crippen LogP contribution in [-0.4, -0.2) is 39.1 Å². The van der Waals surface area contributed by atoms with Crippen LogP contribution in [0.15, 0.2) is 76.4 Å². The van der Waals surface area contributed by atoms with Gasteiger partial charge in [-0.15, -0.1) is 0 Å². The van der Waals surface area contributed by atoms with Gasteiger partial charge in [0.15, 0.2) is 0 Å². The minimum atomic E-state index is -1.17. The SMILES string of the molecule is Cc1cn([C@@H]2O[C@@]3(COCc4ccccc4)[C@@H](O)C[C@H](C)C2[C@@H]3OCc2ccccc2)c(=O)[nH]c1=O. The van der Waals surface area contributed by atoms with Gasteiger partial charge in [0, 0.05) is 17.7 Å². The summed E-state index contributed by atoms with van der Waals surface area (Å²) in [5, 5.41) is 11.4. The Kier molecular flexibility index (Phi) is 6.94. The summed E-state index contributed by atoms with van der Waals surface area (Å²) < 4.78 is 20.6. The van der Waals surface area contributed by atoms with Crippen molar-refractivity contribution in [3.8, 4) is 0 Å². The number of ether oxygens (including phenoxy) is 3. The summed E-state index contributed by atoms with van der Waals surface area (Å²) in [4.78, 5) is 27.2. The molecule has 2 N–H and O–H groups in total. The lowest BCUT2D eigenvalue weighted by Gasteiger charge is -2.44. The quantitative estimate of drug-likeness (QED) is 0.501. The van der Waals surface area contributed by atoms with Crippen molar-refractivity contribution in [3.63, 3.8) is 0 Å². The fourth-order valence-electron chi connectivity index (χ4n) is 5.55. The van der Waals surface area contributed by atoms with Crippen molar-refractivity contribution < 1.29 is 19.3 Å². The Bertz CT molecular complexity index is 1290. The van der Waals surface area contributed by atoms with Gasteiger partial charge in [-0.05, 0) is 30.4 Å². The molecule has 36 heavy (non-hydrogen) atoms. The van der Waals surface area contributed by atoms with E-state index in [2.05, 4.69) is 4.98 Å². The lowest BCUT2D eigenvalue weighted by molar-refractivity contribution is -0.211. The van der Waals surface area contributed by atoms with Gasteiger partial charge in [0.1, 0.15) is 11.8 Å². The van der Waals surface area contributed by atoms with E-state index in [1.807, 2.05) is 67.6 Å². The predicted molar refractivity (Wildman–Crippen MR) is 133 cm³/mol. The van der Waals surface area contributed by atoms with E-state index in [0.29, 0.717) is 25.2 Å². The summed E-state index contributed by atoms with van der Waals surface area (Å²) in [5.74, 6) is -0.241. The van der Waals surface area contributed by atoms with Crippen LogP contribution in [0.5, 0.6) is 0 Å². The van der Waals surface area contributed by atoms with E-state index in [4.69, 9.17) is 14.2 Å². The van der Waals surface area contributed by atoms with E-state index in [9.17, 15) is 14.7 Å². The molecule has 1 aliphatic heterocycles. The maximum Gasteiger partial charge on any atom is 0.330 e. The zero-order valence-corrected chi connectivity index (χ0v) is 20.5. The first kappa shape index (κ1) is 24.6. The van der Waals surface area contributed by atoms with Crippen molar-refractivity contribution in [2.24, 2.45) is 11.8 Å². The maximum atomic E-state index is 12.8. The van der Waals surface area contributed by atoms with E-state index in [-0.39, 0.29) is 18.4 Å². The van der Waals surface area contributed by atoms with Crippen molar-refractivity contribution in [1.29, 1.82) is 0 Å². The molecule has 190 valence electrons. The largest absolute Gasteiger partial charge is 0.390 e. The standard InChI is InChI=1S/C28H32N2O6/c1-18-13-22(31)28(17-34-15-20-9-5-3-6-10-20)24(35-16-21-11-7-4-8-12-21)23(18)26(36-28)30-14-19(2)25(32)29-27(30)33/h3-12,14,18,22-24,26,31H,13,15-17H2,1-2H3,(H,29,32,33)/t18-,22-,23?,24-,26+,28-/m0/s1. The number of fused-ring (bicyclic) bond motifs is 2. The van der Waals surface area contributed by atoms with Gasteiger partial charge in [0.05, 0.1) is 32.0 Å². The van der Waals surface area contributed by atoms with Gasteiger partial charge >= 0.3 is 5.69 Å². The smallest absolute Gasteiger partial charge is 0.330 e. The zero-order chi connectivity index (χ0) is 25.3. The number of aliphatic hydroxyl groups is 1. The number of aliphatic hydroxyl groups excluding tert-OH is 1. The Balaban J connectivity index is 1.49. The van der Waals surface area contributed by atoms with Crippen LogP contribution in [0.2, 0.25) is 0 Å². The molecule has 5 rings (SSSR count). The molecule has 0 radical (unpaired) electrons. The summed E-state index contributed by atoms with van der Waals surface area (Å²) in [6, 6.07) is 19.6. The van der Waals surface area contributed by atoms with Gasteiger partial charge in [0.25, 0.3) is 5.56 Å². The highest BCUT2D eigenvalue weighted by Gasteiger charge is 2.65. The van der Waals surface area contributed by atoms with Gasteiger partial charge in [-0.25, -0.2) is 4.79 Å². The Hall–Kier alpha value is -3.04. The van der Waals surface area contributed by atoms with Gasteiger partial charge in [0.2, 0.25) is 0 Å². The van der Waals surface area contributed by atoms with E-state index in [0.717, 1.165) is 11.1 Å². The third-order valence-corrected chi connectivity index (χ3v) is 7.45. The number of aryl methyl sites for hydroxylation is 1. The monoisotopic (exact) mass is 492 g/mol. The van der Waals surface area contributed by atoms with E-state index < -0.39 is 35.3 Å². The molecule has 1 unspecified atom stereocenters. The topological polar surface area (TPSA) is 103 Å². The van der Waals surface area contributed by atoms with Crippen LogP contribution < -0.4 is 11.2 Å². The molecule has 1 saturated heterocycles.